The summed E-state index contributed by atoms with van der Waals surface area (Å²) in [5.41, 5.74) is 2.51. The van der Waals surface area contributed by atoms with Crippen molar-refractivity contribution in [3.63, 3.8) is 0 Å². The van der Waals surface area contributed by atoms with Crippen molar-refractivity contribution in [3.8, 4) is 0 Å². The van der Waals surface area contributed by atoms with Crippen molar-refractivity contribution >= 4 is 22.8 Å². The van der Waals surface area contributed by atoms with Crippen molar-refractivity contribution in [2.75, 3.05) is 4.90 Å². The number of hydrogen-bond donors (Lipinski definition) is 1. The molecule has 0 atom stereocenters. The Morgan fingerprint density at radius 2 is 1.79 bits per heavy atom. The van der Waals surface area contributed by atoms with Gasteiger partial charge in [-0.3, -0.25) is 4.79 Å². The van der Waals surface area contributed by atoms with Crippen LogP contribution in [0.15, 0.2) is 84.0 Å². The maximum Gasteiger partial charge on any atom is 0.416 e. The lowest BCUT2D eigenvalue weighted by Gasteiger charge is -2.30. The number of fused-ring (bicyclic) bond motifs is 1. The first-order valence-electron chi connectivity index (χ1n) is 11.8. The number of aromatic nitrogens is 2. The van der Waals surface area contributed by atoms with E-state index in [-0.39, 0.29) is 24.4 Å². The van der Waals surface area contributed by atoms with Crippen molar-refractivity contribution in [2.24, 2.45) is 0 Å². The van der Waals surface area contributed by atoms with Crippen LogP contribution in [0.25, 0.3) is 11.1 Å². The Hall–Kier alpha value is -4.73. The summed E-state index contributed by atoms with van der Waals surface area (Å²) >= 11 is 0. The minimum absolute atomic E-state index is 0.0320. The number of benzene rings is 3. The lowest BCUT2D eigenvalue weighted by Crippen LogP contribution is -2.22. The minimum Gasteiger partial charge on any atom is -0.481 e. The van der Waals surface area contributed by atoms with E-state index >= 15 is 0 Å². The number of anilines is 1. The summed E-state index contributed by atoms with van der Waals surface area (Å²) in [6.45, 7) is 4.05. The molecule has 10 heteroatoms. The maximum atomic E-state index is 14.8. The average molecular weight is 535 g/mol. The fraction of sp³-hybridized carbons (Fsp3) is 0.138. The highest BCUT2D eigenvalue weighted by molar-refractivity contribution is 6.08. The third kappa shape index (κ3) is 5.59. The van der Waals surface area contributed by atoms with Crippen LogP contribution in [0.1, 0.15) is 39.5 Å². The molecule has 1 aliphatic rings. The molecule has 5 rings (SSSR count). The van der Waals surface area contributed by atoms with Crippen molar-refractivity contribution < 1.29 is 32.0 Å². The fourth-order valence-electron chi connectivity index (χ4n) is 4.37. The maximum absolute atomic E-state index is 14.8. The largest absolute Gasteiger partial charge is 0.481 e. The number of allylic oxidation sites excluding steroid dienone is 2. The van der Waals surface area contributed by atoms with Crippen LogP contribution in [0.2, 0.25) is 0 Å². The van der Waals surface area contributed by atoms with Crippen molar-refractivity contribution in [2.45, 2.75) is 25.6 Å². The zero-order valence-electron chi connectivity index (χ0n) is 20.4. The molecule has 0 radical (unpaired) electrons. The number of rotatable bonds is 7. The minimum atomic E-state index is -4.67. The molecule has 1 N–H and O–H groups in total. The van der Waals surface area contributed by atoms with Gasteiger partial charge in [0.15, 0.2) is 0 Å². The van der Waals surface area contributed by atoms with Crippen LogP contribution in [0.5, 0.6) is 0 Å². The number of carboxylic acid groups (broad SMARTS) is 1. The van der Waals surface area contributed by atoms with E-state index in [1.54, 1.807) is 29.3 Å². The van der Waals surface area contributed by atoms with Crippen molar-refractivity contribution in [1.29, 1.82) is 0 Å². The monoisotopic (exact) mass is 535 g/mol. The molecule has 1 aliphatic heterocycles. The first-order valence-corrected chi connectivity index (χ1v) is 11.8. The van der Waals surface area contributed by atoms with Crippen LogP contribution in [-0.4, -0.2) is 21.2 Å². The molecular weight excluding hydrogens is 514 g/mol. The SMILES string of the molecule is C=C1C(c2noc(Cc3ccccc3)n2)=CN(Cc2ccc(C(F)(F)F)cc2F)c2ccc(CC(=O)O)cc21. The molecule has 0 fully saturated rings. The van der Waals surface area contributed by atoms with Gasteiger partial charge in [-0.2, -0.15) is 18.2 Å². The van der Waals surface area contributed by atoms with E-state index in [0.29, 0.717) is 46.3 Å². The highest BCUT2D eigenvalue weighted by Crippen LogP contribution is 2.41. The van der Waals surface area contributed by atoms with Gasteiger partial charge in [-0.25, -0.2) is 4.39 Å². The molecule has 0 aliphatic carbocycles. The van der Waals surface area contributed by atoms with Gasteiger partial charge in [0.05, 0.1) is 24.9 Å². The van der Waals surface area contributed by atoms with Gasteiger partial charge in [0, 0.05) is 28.6 Å². The smallest absolute Gasteiger partial charge is 0.416 e. The van der Waals surface area contributed by atoms with Crippen LogP contribution < -0.4 is 4.90 Å². The summed E-state index contributed by atoms with van der Waals surface area (Å²) in [4.78, 5) is 17.4. The molecule has 39 heavy (non-hydrogen) atoms. The van der Waals surface area contributed by atoms with Gasteiger partial charge in [0.2, 0.25) is 11.7 Å². The van der Waals surface area contributed by atoms with E-state index in [1.807, 2.05) is 30.3 Å². The quantitative estimate of drug-likeness (QED) is 0.272. The predicted molar refractivity (Wildman–Crippen MR) is 136 cm³/mol. The Bertz CT molecular complexity index is 1590. The van der Waals surface area contributed by atoms with E-state index in [0.717, 1.165) is 17.7 Å². The molecular formula is C29H21F4N3O3. The van der Waals surface area contributed by atoms with Gasteiger partial charge in [-0.05, 0) is 41.0 Å². The van der Waals surface area contributed by atoms with Gasteiger partial charge in [0.1, 0.15) is 5.82 Å². The van der Waals surface area contributed by atoms with E-state index in [1.165, 1.54) is 0 Å². The lowest BCUT2D eigenvalue weighted by atomic mass is 9.91. The van der Waals surface area contributed by atoms with Gasteiger partial charge < -0.3 is 14.5 Å². The Morgan fingerprint density at radius 1 is 1.03 bits per heavy atom. The molecule has 1 aromatic heterocycles. The van der Waals surface area contributed by atoms with Crippen molar-refractivity contribution in [3.05, 3.63) is 125 Å². The summed E-state index contributed by atoms with van der Waals surface area (Å²) in [5.74, 6) is -1.44. The Morgan fingerprint density at radius 3 is 2.49 bits per heavy atom. The summed E-state index contributed by atoms with van der Waals surface area (Å²) in [5, 5.41) is 13.3. The number of aliphatic carboxylic acids is 1. The number of alkyl halides is 3. The van der Waals surface area contributed by atoms with E-state index in [2.05, 4.69) is 16.7 Å². The molecule has 4 aromatic rings. The van der Waals surface area contributed by atoms with Gasteiger partial charge in [-0.1, -0.05) is 54.2 Å². The van der Waals surface area contributed by atoms with Crippen LogP contribution >= 0.6 is 0 Å². The molecule has 3 aromatic carbocycles. The topological polar surface area (TPSA) is 79.5 Å². The molecule has 0 saturated heterocycles. The second-order valence-corrected chi connectivity index (χ2v) is 9.05. The molecule has 0 bridgehead atoms. The zero-order chi connectivity index (χ0) is 27.7. The van der Waals surface area contributed by atoms with Crippen molar-refractivity contribution in [1.82, 2.24) is 10.1 Å². The molecule has 0 saturated carbocycles. The lowest BCUT2D eigenvalue weighted by molar-refractivity contribution is -0.138. The Labute approximate surface area is 220 Å². The number of nitrogens with zero attached hydrogens (tertiary/aromatic N) is 3. The second-order valence-electron chi connectivity index (χ2n) is 9.05. The molecule has 0 spiro atoms. The number of carboxylic acids is 1. The highest BCUT2D eigenvalue weighted by atomic mass is 19.4. The number of carbonyl (C=O) groups is 1. The second kappa shape index (κ2) is 10.2. The van der Waals surface area contributed by atoms with Crippen LogP contribution in [-0.2, 0) is 30.4 Å². The third-order valence-electron chi connectivity index (χ3n) is 6.29. The molecule has 6 nitrogen and oxygen atoms in total. The molecule has 198 valence electrons. The number of halogens is 4. The normalized spacial score (nSPS) is 13.3. The zero-order valence-corrected chi connectivity index (χ0v) is 20.4. The van der Waals surface area contributed by atoms with Gasteiger partial charge in [-0.15, -0.1) is 0 Å². The Kier molecular flexibility index (Phi) is 6.78. The standard InChI is InChI=1S/C29H21F4N3O3/c1-17-22-11-19(13-27(37)38)7-10-25(22)36(15-20-8-9-21(14-24(20)30)29(31,32)33)16-23(17)28-34-26(39-35-28)12-18-5-3-2-4-6-18/h2-11,14,16H,1,12-13,15H2,(H,37,38). The predicted octanol–water partition coefficient (Wildman–Crippen LogP) is 6.52. The third-order valence-corrected chi connectivity index (χ3v) is 6.29. The first kappa shape index (κ1) is 25.9. The summed E-state index contributed by atoms with van der Waals surface area (Å²) < 4.78 is 59.3. The summed E-state index contributed by atoms with van der Waals surface area (Å²) in [6.07, 6.45) is -2.86. The Balaban J connectivity index is 1.52. The summed E-state index contributed by atoms with van der Waals surface area (Å²) in [6, 6.07) is 16.9. The van der Waals surface area contributed by atoms with Crippen LogP contribution in [0.3, 0.4) is 0 Å². The van der Waals surface area contributed by atoms with E-state index < -0.39 is 23.5 Å². The fourth-order valence-corrected chi connectivity index (χ4v) is 4.37. The molecule has 0 unspecified atom stereocenters. The molecule has 0 amide bonds. The van der Waals surface area contributed by atoms with E-state index in [9.17, 15) is 27.5 Å². The summed E-state index contributed by atoms with van der Waals surface area (Å²) in [7, 11) is 0. The highest BCUT2D eigenvalue weighted by Gasteiger charge is 2.32. The molecule has 2 heterocycles. The van der Waals surface area contributed by atoms with Gasteiger partial charge in [0.25, 0.3) is 0 Å². The van der Waals surface area contributed by atoms with Gasteiger partial charge >= 0.3 is 12.1 Å². The first-order chi connectivity index (χ1) is 18.6. The average Bonchev–Trinajstić information content (AvgIpc) is 3.34. The van der Waals surface area contributed by atoms with Crippen LogP contribution in [0.4, 0.5) is 23.2 Å². The number of hydrogen-bond acceptors (Lipinski definition) is 5. The van der Waals surface area contributed by atoms with E-state index in [4.69, 9.17) is 4.52 Å². The van der Waals surface area contributed by atoms with Crippen LogP contribution in [0, 0.1) is 5.82 Å².